The minimum atomic E-state index is -1.74. The molecule has 254 valence electrons. The number of hydrogen-bond donors (Lipinski definition) is 3. The van der Waals surface area contributed by atoms with Crippen molar-refractivity contribution in [3.63, 3.8) is 0 Å². The van der Waals surface area contributed by atoms with E-state index in [1.807, 2.05) is 19.1 Å². The number of carbonyl (C=O) groups excluding carboxylic acids is 1. The van der Waals surface area contributed by atoms with E-state index < -0.39 is 41.6 Å². The van der Waals surface area contributed by atoms with Crippen LogP contribution >= 0.6 is 0 Å². The van der Waals surface area contributed by atoms with Gasteiger partial charge in [-0.3, -0.25) is 15.1 Å². The van der Waals surface area contributed by atoms with Crippen LogP contribution in [0, 0.1) is 17.8 Å². The van der Waals surface area contributed by atoms with Crippen LogP contribution in [-0.2, 0) is 28.6 Å². The van der Waals surface area contributed by atoms with E-state index in [4.69, 9.17) is 23.8 Å². The summed E-state index contributed by atoms with van der Waals surface area (Å²) >= 11 is 0. The minimum Gasteiger partial charge on any atom is -0.462 e. The molecule has 9 atom stereocenters. The summed E-state index contributed by atoms with van der Waals surface area (Å²) in [5.41, 5.74) is 6.67. The van der Waals surface area contributed by atoms with E-state index in [1.165, 1.54) is 5.57 Å². The first kappa shape index (κ1) is 34.8. The summed E-state index contributed by atoms with van der Waals surface area (Å²) in [4.78, 5) is 19.5. The number of allylic oxidation sites excluding steroid dienone is 5. The van der Waals surface area contributed by atoms with Gasteiger partial charge in [-0.15, -0.1) is 0 Å². The molecule has 5 rings (SSSR count). The van der Waals surface area contributed by atoms with Crippen molar-refractivity contribution >= 4 is 5.97 Å². The van der Waals surface area contributed by atoms with Crippen molar-refractivity contribution < 1.29 is 38.8 Å². The molecule has 4 heterocycles. The number of hydrogen-bond acceptors (Lipinski definition) is 9. The number of ether oxygens (including phenoxy) is 4. The number of fused-ring (bicyclic) bond motifs is 2. The smallest absolute Gasteiger partial charge is 0.316 e. The predicted molar refractivity (Wildman–Crippen MR) is 175 cm³/mol. The Morgan fingerprint density at radius 2 is 1.96 bits per heavy atom. The summed E-state index contributed by atoms with van der Waals surface area (Å²) in [6.45, 7) is 14.5. The van der Waals surface area contributed by atoms with E-state index >= 15 is 0 Å². The van der Waals surface area contributed by atoms with Gasteiger partial charge in [0.15, 0.2) is 5.79 Å². The van der Waals surface area contributed by atoms with Gasteiger partial charge >= 0.3 is 5.97 Å². The van der Waals surface area contributed by atoms with E-state index in [2.05, 4.69) is 58.3 Å². The van der Waals surface area contributed by atoms with Crippen molar-refractivity contribution in [2.45, 2.75) is 122 Å². The van der Waals surface area contributed by atoms with Crippen LogP contribution in [-0.4, -0.2) is 71.8 Å². The number of esters is 1. The second-order valence-electron chi connectivity index (χ2n) is 14.4. The molecule has 0 aromatic carbocycles. The zero-order valence-electron chi connectivity index (χ0n) is 28.7. The number of rotatable bonds is 4. The number of aliphatic hydroxyl groups is 2. The van der Waals surface area contributed by atoms with Crippen LogP contribution in [0.3, 0.4) is 0 Å². The number of aliphatic hydroxyl groups excluding tert-OH is 1. The Balaban J connectivity index is 1.55. The van der Waals surface area contributed by atoms with Crippen molar-refractivity contribution in [3.8, 4) is 0 Å². The van der Waals surface area contributed by atoms with E-state index in [9.17, 15) is 15.0 Å². The van der Waals surface area contributed by atoms with Gasteiger partial charge in [-0.25, -0.2) is 0 Å². The summed E-state index contributed by atoms with van der Waals surface area (Å²) in [5, 5.41) is 23.2. The molecule has 5 aliphatic rings. The lowest BCUT2D eigenvalue weighted by atomic mass is 9.71. The minimum absolute atomic E-state index is 0.114. The molecule has 0 amide bonds. The van der Waals surface area contributed by atoms with Gasteiger partial charge in [0, 0.05) is 25.0 Å². The predicted octanol–water partition coefficient (Wildman–Crippen LogP) is 5.52. The maximum absolute atomic E-state index is 14.2. The molecule has 2 bridgehead atoms. The summed E-state index contributed by atoms with van der Waals surface area (Å²) in [7, 11) is 1.59. The highest BCUT2D eigenvalue weighted by Gasteiger charge is 2.60. The Hall–Kier alpha value is -2.53. The molecule has 0 aromatic heterocycles. The molecule has 46 heavy (non-hydrogen) atoms. The van der Waals surface area contributed by atoms with Gasteiger partial charge in [-0.2, -0.15) is 0 Å². The Morgan fingerprint density at radius 1 is 1.20 bits per heavy atom. The second kappa shape index (κ2) is 13.9. The quantitative estimate of drug-likeness (QED) is 0.208. The third-order valence-corrected chi connectivity index (χ3v) is 10.00. The maximum Gasteiger partial charge on any atom is 0.316 e. The van der Waals surface area contributed by atoms with Crippen molar-refractivity contribution in [1.82, 2.24) is 5.48 Å². The largest absolute Gasteiger partial charge is 0.462 e. The summed E-state index contributed by atoms with van der Waals surface area (Å²) < 4.78 is 26.0. The molecule has 0 saturated carbocycles. The Labute approximate surface area is 274 Å². The first-order valence-corrected chi connectivity index (χ1v) is 16.7. The molecule has 0 radical (unpaired) electrons. The Morgan fingerprint density at radius 3 is 2.67 bits per heavy atom. The molecule has 2 fully saturated rings. The van der Waals surface area contributed by atoms with Gasteiger partial charge < -0.3 is 29.2 Å². The van der Waals surface area contributed by atoms with E-state index in [-0.39, 0.29) is 24.7 Å². The molecule has 2 saturated heterocycles. The highest BCUT2D eigenvalue weighted by atomic mass is 16.7. The van der Waals surface area contributed by atoms with Crippen LogP contribution in [0.4, 0.5) is 0 Å². The van der Waals surface area contributed by atoms with Crippen molar-refractivity contribution in [2.24, 2.45) is 17.8 Å². The molecule has 1 aliphatic carbocycles. The molecular weight excluding hydrogens is 586 g/mol. The van der Waals surface area contributed by atoms with Crippen LogP contribution in [0.25, 0.3) is 0 Å². The number of hydroxylamine groups is 1. The van der Waals surface area contributed by atoms with E-state index in [1.54, 1.807) is 20.1 Å². The molecule has 0 aromatic rings. The SMILES string of the molecule is CONC1=C(C)[C@@H](/C(C)=C/C(C)C)O[C@]2(C1)C[C@@H]1C[C@@H](C/C=C(/C)C[C@@H](C)/C=C/C=C3\CO[C@@H]4[C@H](O)C(C)=C[C@@H](C(=O)O1)[C@]34O)O2. The monoisotopic (exact) mass is 639 g/mol. The fourth-order valence-electron chi connectivity index (χ4n) is 7.81. The third-order valence-electron chi connectivity index (χ3n) is 10.00. The average molecular weight is 640 g/mol. The summed E-state index contributed by atoms with van der Waals surface area (Å²) in [6, 6.07) is 0. The van der Waals surface area contributed by atoms with Crippen molar-refractivity contribution in [1.29, 1.82) is 0 Å². The van der Waals surface area contributed by atoms with Crippen LogP contribution in [0.1, 0.15) is 80.6 Å². The van der Waals surface area contributed by atoms with Gasteiger partial charge in [0.1, 0.15) is 35.9 Å². The fraction of sp³-hybridized carbons (Fsp3) is 0.649. The van der Waals surface area contributed by atoms with Gasteiger partial charge in [-0.05, 0) is 74.7 Å². The molecule has 1 spiro atoms. The highest BCUT2D eigenvalue weighted by molar-refractivity contribution is 5.78. The van der Waals surface area contributed by atoms with Crippen molar-refractivity contribution in [2.75, 3.05) is 13.7 Å². The fourth-order valence-corrected chi connectivity index (χ4v) is 7.81. The van der Waals surface area contributed by atoms with Gasteiger partial charge in [0.2, 0.25) is 0 Å². The number of carbonyl (C=O) groups is 1. The molecule has 3 N–H and O–H groups in total. The lowest BCUT2D eigenvalue weighted by Gasteiger charge is -2.49. The maximum atomic E-state index is 14.2. The molecule has 4 aliphatic heterocycles. The molecule has 9 nitrogen and oxygen atoms in total. The molecule has 9 heteroatoms. The van der Waals surface area contributed by atoms with Crippen LogP contribution < -0.4 is 5.48 Å². The van der Waals surface area contributed by atoms with Crippen molar-refractivity contribution in [3.05, 3.63) is 70.0 Å². The Bertz CT molecular complexity index is 1360. The third kappa shape index (κ3) is 7.00. The molecular formula is C37H53NO8. The normalized spacial score (nSPS) is 42.1. The highest BCUT2D eigenvalue weighted by Crippen LogP contribution is 2.47. The van der Waals surface area contributed by atoms with Crippen LogP contribution in [0.5, 0.6) is 0 Å². The van der Waals surface area contributed by atoms with Gasteiger partial charge in [-0.1, -0.05) is 62.8 Å². The first-order chi connectivity index (χ1) is 21.8. The second-order valence-corrected chi connectivity index (χ2v) is 14.4. The molecule has 0 unspecified atom stereocenters. The van der Waals surface area contributed by atoms with Crippen LogP contribution in [0.2, 0.25) is 0 Å². The Kier molecular flexibility index (Phi) is 10.5. The average Bonchev–Trinajstić information content (AvgIpc) is 3.31. The van der Waals surface area contributed by atoms with Gasteiger partial charge in [0.05, 0.1) is 19.8 Å². The lowest BCUT2D eigenvalue weighted by molar-refractivity contribution is -0.309. The summed E-state index contributed by atoms with van der Waals surface area (Å²) in [6.07, 6.45) is 11.4. The van der Waals surface area contributed by atoms with Crippen LogP contribution in [0.15, 0.2) is 70.0 Å². The number of nitrogens with one attached hydrogen (secondary N) is 1. The zero-order chi connectivity index (χ0) is 33.4. The first-order valence-electron chi connectivity index (χ1n) is 16.7. The zero-order valence-corrected chi connectivity index (χ0v) is 28.7. The lowest BCUT2D eigenvalue weighted by Crippen LogP contribution is -2.58. The van der Waals surface area contributed by atoms with Gasteiger partial charge in [0.25, 0.3) is 0 Å². The topological polar surface area (TPSA) is 116 Å². The standard InChI is InChI=1S/C37H53NO8/c1-21(2)14-25(6)33-26(7)31(38-42-8)19-36(46-33)18-29-17-28(45-36)13-12-23(4)15-22(3)10-9-11-27-20-43-34-32(39)24(5)16-30(35(40)44-29)37(27,34)41/h9-12,14,16,21-22,28-30,32-34,38-39,41H,13,15,17-20H2,1-8H3/b10-9+,23-12-,25-14+,27-11+/t22-,28+,29-,30-,32+,33+,34+,36-,37+/m0/s1. The van der Waals surface area contributed by atoms with E-state index in [0.29, 0.717) is 42.7 Å². The summed E-state index contributed by atoms with van der Waals surface area (Å²) in [5.74, 6) is -2.11. The van der Waals surface area contributed by atoms with E-state index in [0.717, 1.165) is 23.3 Å².